The van der Waals surface area contributed by atoms with Gasteiger partial charge in [0.05, 0.1) is 13.5 Å². The van der Waals surface area contributed by atoms with Crippen LogP contribution >= 0.6 is 0 Å². The van der Waals surface area contributed by atoms with Crippen molar-refractivity contribution in [2.24, 2.45) is 0 Å². The molecule has 1 aromatic rings. The molecule has 0 saturated carbocycles. The van der Waals surface area contributed by atoms with Crippen LogP contribution < -0.4 is 0 Å². The summed E-state index contributed by atoms with van der Waals surface area (Å²) in [5, 5.41) is 18.9. The molecule has 0 spiro atoms. The van der Waals surface area contributed by atoms with Crippen molar-refractivity contribution in [1.82, 2.24) is 9.80 Å². The van der Waals surface area contributed by atoms with E-state index in [4.69, 9.17) is 5.11 Å². The van der Waals surface area contributed by atoms with Gasteiger partial charge in [0, 0.05) is 38.3 Å². The quantitative estimate of drug-likeness (QED) is 0.803. The third-order valence-electron chi connectivity index (χ3n) is 3.76. The van der Waals surface area contributed by atoms with E-state index in [-0.39, 0.29) is 18.1 Å². The Labute approximate surface area is 128 Å². The van der Waals surface area contributed by atoms with Gasteiger partial charge >= 0.3 is 12.1 Å². The second kappa shape index (κ2) is 7.13. The van der Waals surface area contributed by atoms with Crippen molar-refractivity contribution in [1.29, 1.82) is 0 Å². The highest BCUT2D eigenvalue weighted by molar-refractivity contribution is 5.72. The third-order valence-corrected chi connectivity index (χ3v) is 3.76. The van der Waals surface area contributed by atoms with Crippen LogP contribution in [0.1, 0.15) is 11.1 Å². The van der Waals surface area contributed by atoms with Gasteiger partial charge in [0.2, 0.25) is 0 Å². The van der Waals surface area contributed by atoms with Crippen molar-refractivity contribution in [2.75, 3.05) is 33.3 Å². The number of carboxylic acid groups (broad SMARTS) is 1. The molecule has 0 radical (unpaired) electrons. The van der Waals surface area contributed by atoms with Gasteiger partial charge in [-0.1, -0.05) is 12.1 Å². The molecule has 22 heavy (non-hydrogen) atoms. The number of nitrogens with zero attached hydrogens (tertiary/aromatic N) is 2. The lowest BCUT2D eigenvalue weighted by Crippen LogP contribution is -2.47. The Hall–Kier alpha value is -2.28. The van der Waals surface area contributed by atoms with Gasteiger partial charge in [-0.05, 0) is 11.6 Å². The van der Waals surface area contributed by atoms with Crippen LogP contribution in [0.2, 0.25) is 0 Å². The van der Waals surface area contributed by atoms with E-state index in [1.807, 2.05) is 0 Å². The highest BCUT2D eigenvalue weighted by Crippen LogP contribution is 2.21. The number of rotatable bonds is 4. The number of benzene rings is 1. The lowest BCUT2D eigenvalue weighted by molar-refractivity contribution is -0.139. The van der Waals surface area contributed by atoms with Gasteiger partial charge in [-0.2, -0.15) is 0 Å². The zero-order valence-corrected chi connectivity index (χ0v) is 12.5. The Kier molecular flexibility index (Phi) is 5.21. The van der Waals surface area contributed by atoms with Crippen LogP contribution in [0.3, 0.4) is 0 Å². The summed E-state index contributed by atoms with van der Waals surface area (Å²) >= 11 is 0. The van der Waals surface area contributed by atoms with E-state index in [0.29, 0.717) is 32.7 Å². The van der Waals surface area contributed by atoms with Gasteiger partial charge in [-0.15, -0.1) is 0 Å². The lowest BCUT2D eigenvalue weighted by Gasteiger charge is -2.33. The van der Waals surface area contributed by atoms with Crippen LogP contribution in [0, 0.1) is 0 Å². The number of aromatic hydroxyl groups is 1. The second-order valence-electron chi connectivity index (χ2n) is 5.26. The Morgan fingerprint density at radius 2 is 1.91 bits per heavy atom. The van der Waals surface area contributed by atoms with Gasteiger partial charge in [0.1, 0.15) is 5.75 Å². The van der Waals surface area contributed by atoms with Gasteiger partial charge < -0.3 is 19.8 Å². The molecule has 120 valence electrons. The molecule has 0 aliphatic carbocycles. The molecule has 7 heteroatoms. The Bertz CT molecular complexity index is 553. The molecule has 1 amide bonds. The minimum atomic E-state index is -0.900. The highest BCUT2D eigenvalue weighted by atomic mass is 16.5. The number of methoxy groups -OCH3 is 1. The van der Waals surface area contributed by atoms with Crippen molar-refractivity contribution in [3.05, 3.63) is 29.3 Å². The summed E-state index contributed by atoms with van der Waals surface area (Å²) in [7, 11) is 1.34. The van der Waals surface area contributed by atoms with E-state index in [1.54, 1.807) is 18.2 Å². The molecule has 1 saturated heterocycles. The Balaban J connectivity index is 1.99. The zero-order valence-electron chi connectivity index (χ0n) is 12.5. The van der Waals surface area contributed by atoms with E-state index >= 15 is 0 Å². The number of phenols is 1. The first-order valence-electron chi connectivity index (χ1n) is 7.07. The second-order valence-corrected chi connectivity index (χ2v) is 5.26. The summed E-state index contributed by atoms with van der Waals surface area (Å²) < 4.78 is 4.64. The van der Waals surface area contributed by atoms with E-state index in [0.717, 1.165) is 11.1 Å². The predicted octanol–water partition coefficient (Wildman–Crippen LogP) is 0.903. The van der Waals surface area contributed by atoms with Gasteiger partial charge in [-0.3, -0.25) is 9.69 Å². The number of hydrogen-bond donors (Lipinski definition) is 2. The van der Waals surface area contributed by atoms with E-state index in [2.05, 4.69) is 9.64 Å². The predicted molar refractivity (Wildman–Crippen MR) is 78.7 cm³/mol. The normalized spacial score (nSPS) is 15.6. The summed E-state index contributed by atoms with van der Waals surface area (Å²) in [5.41, 5.74) is 1.51. The third kappa shape index (κ3) is 4.11. The molecule has 1 heterocycles. The number of hydrogen-bond acceptors (Lipinski definition) is 5. The van der Waals surface area contributed by atoms with Crippen LogP contribution in [-0.4, -0.2) is 65.4 Å². The molecule has 0 unspecified atom stereocenters. The van der Waals surface area contributed by atoms with Crippen LogP contribution in [0.15, 0.2) is 18.2 Å². The molecule has 1 aliphatic rings. The molecule has 1 aromatic carbocycles. The Morgan fingerprint density at radius 3 is 2.50 bits per heavy atom. The zero-order chi connectivity index (χ0) is 16.1. The average molecular weight is 308 g/mol. The van der Waals surface area contributed by atoms with Gasteiger partial charge in [-0.25, -0.2) is 4.79 Å². The number of phenolic OH excluding ortho intramolecular Hbond substituents is 1. The summed E-state index contributed by atoms with van der Waals surface area (Å²) in [6.07, 6.45) is -0.737. The topological polar surface area (TPSA) is 90.3 Å². The van der Waals surface area contributed by atoms with Gasteiger partial charge in [0.15, 0.2) is 0 Å². The van der Waals surface area contributed by atoms with E-state index < -0.39 is 6.09 Å². The maximum Gasteiger partial charge on any atom is 0.407 e. The van der Waals surface area contributed by atoms with Crippen LogP contribution in [0.5, 0.6) is 5.75 Å². The lowest BCUT2D eigenvalue weighted by atomic mass is 10.1. The molecular formula is C15H20N2O5. The largest absolute Gasteiger partial charge is 0.508 e. The first-order chi connectivity index (χ1) is 10.5. The molecule has 1 fully saturated rings. The fraction of sp³-hybridized carbons (Fsp3) is 0.467. The first-order valence-corrected chi connectivity index (χ1v) is 7.07. The van der Waals surface area contributed by atoms with E-state index in [9.17, 15) is 14.7 Å². The number of ether oxygens (including phenoxy) is 1. The fourth-order valence-corrected chi connectivity index (χ4v) is 2.45. The minimum absolute atomic E-state index is 0.163. The van der Waals surface area contributed by atoms with Crippen molar-refractivity contribution >= 4 is 12.1 Å². The molecular weight excluding hydrogens is 288 g/mol. The van der Waals surface area contributed by atoms with Crippen molar-refractivity contribution in [3.8, 4) is 5.75 Å². The van der Waals surface area contributed by atoms with Crippen LogP contribution in [0.4, 0.5) is 4.79 Å². The maximum absolute atomic E-state index is 11.3. The Morgan fingerprint density at radius 1 is 1.23 bits per heavy atom. The van der Waals surface area contributed by atoms with Crippen molar-refractivity contribution < 1.29 is 24.5 Å². The molecule has 7 nitrogen and oxygen atoms in total. The number of carbonyl (C=O) groups excluding carboxylic acids is 1. The minimum Gasteiger partial charge on any atom is -0.508 e. The number of carbonyl (C=O) groups is 2. The molecule has 0 bridgehead atoms. The number of esters is 1. The fourth-order valence-electron chi connectivity index (χ4n) is 2.45. The van der Waals surface area contributed by atoms with E-state index in [1.165, 1.54) is 12.0 Å². The van der Waals surface area contributed by atoms with Crippen molar-refractivity contribution in [3.63, 3.8) is 0 Å². The molecule has 0 aromatic heterocycles. The van der Waals surface area contributed by atoms with Crippen molar-refractivity contribution in [2.45, 2.75) is 13.0 Å². The monoisotopic (exact) mass is 308 g/mol. The summed E-state index contributed by atoms with van der Waals surface area (Å²) in [5.74, 6) is -0.152. The number of piperazine rings is 1. The van der Waals surface area contributed by atoms with Gasteiger partial charge in [0.25, 0.3) is 0 Å². The molecule has 2 rings (SSSR count). The maximum atomic E-state index is 11.3. The summed E-state index contributed by atoms with van der Waals surface area (Å²) in [4.78, 5) is 25.6. The average Bonchev–Trinajstić information content (AvgIpc) is 2.51. The summed E-state index contributed by atoms with van der Waals surface area (Å²) in [6, 6.07) is 5.05. The molecule has 1 aliphatic heterocycles. The number of amides is 1. The molecule has 2 N–H and O–H groups in total. The standard InChI is InChI=1S/C15H20N2O5/c1-22-14(19)9-11-2-3-13(18)12(8-11)10-16-4-6-17(7-5-16)15(20)21/h2-3,8,18H,4-7,9-10H2,1H3,(H,20,21). The molecule has 0 atom stereocenters. The van der Waals surface area contributed by atoms with Crippen LogP contribution in [0.25, 0.3) is 0 Å². The SMILES string of the molecule is COC(=O)Cc1ccc(O)c(CN2CCN(C(=O)O)CC2)c1. The van der Waals surface area contributed by atoms with Crippen LogP contribution in [-0.2, 0) is 22.5 Å². The highest BCUT2D eigenvalue weighted by Gasteiger charge is 2.21. The smallest absolute Gasteiger partial charge is 0.407 e. The first kappa shape index (κ1) is 16.1. The summed E-state index contributed by atoms with van der Waals surface area (Å²) in [6.45, 7) is 2.67.